The maximum atomic E-state index is 12.7. The Hall–Kier alpha value is -2.62. The van der Waals surface area contributed by atoms with Crippen molar-refractivity contribution in [2.75, 3.05) is 6.54 Å². The Morgan fingerprint density at radius 2 is 1.61 bits per heavy atom. The first kappa shape index (κ1) is 20.1. The second-order valence-electron chi connectivity index (χ2n) is 8.75. The van der Waals surface area contributed by atoms with E-state index in [-0.39, 0.29) is 23.8 Å². The highest BCUT2D eigenvalue weighted by Gasteiger charge is 2.32. The third-order valence-electron chi connectivity index (χ3n) is 5.19. The molecule has 0 bridgehead atoms. The van der Waals surface area contributed by atoms with Crippen molar-refractivity contribution in [2.24, 2.45) is 0 Å². The summed E-state index contributed by atoms with van der Waals surface area (Å²) >= 11 is 0. The molecule has 0 spiro atoms. The first-order valence-electron chi connectivity index (χ1n) is 9.98. The molecule has 28 heavy (non-hydrogen) atoms. The van der Waals surface area contributed by atoms with Crippen LogP contribution in [-0.4, -0.2) is 29.3 Å². The van der Waals surface area contributed by atoms with Crippen LogP contribution in [0.5, 0.6) is 0 Å². The van der Waals surface area contributed by atoms with Gasteiger partial charge in [-0.3, -0.25) is 9.59 Å². The van der Waals surface area contributed by atoms with Crippen LogP contribution >= 0.6 is 0 Å². The van der Waals surface area contributed by atoms with Crippen LogP contribution in [0.2, 0.25) is 0 Å². The second-order valence-corrected chi connectivity index (χ2v) is 8.75. The summed E-state index contributed by atoms with van der Waals surface area (Å²) in [5.41, 5.74) is 4.13. The van der Waals surface area contributed by atoms with Gasteiger partial charge in [0, 0.05) is 18.2 Å². The SMILES string of the molecule is Cc1ccc(CN(C(=O)CNC(=O)c2ccc(C(C)(C)C)cc2)C2CC2)cc1. The van der Waals surface area contributed by atoms with Gasteiger partial charge >= 0.3 is 0 Å². The highest BCUT2D eigenvalue weighted by atomic mass is 16.2. The van der Waals surface area contributed by atoms with Crippen LogP contribution in [0.15, 0.2) is 48.5 Å². The van der Waals surface area contributed by atoms with E-state index in [2.05, 4.69) is 57.3 Å². The lowest BCUT2D eigenvalue weighted by Crippen LogP contribution is -2.41. The summed E-state index contributed by atoms with van der Waals surface area (Å²) in [5.74, 6) is -0.234. The van der Waals surface area contributed by atoms with Crippen LogP contribution in [0.1, 0.15) is 60.7 Å². The molecule has 148 valence electrons. The summed E-state index contributed by atoms with van der Waals surface area (Å²) in [6.45, 7) is 9.10. The molecule has 2 amide bonds. The van der Waals surface area contributed by atoms with E-state index in [9.17, 15) is 9.59 Å². The summed E-state index contributed by atoms with van der Waals surface area (Å²) in [4.78, 5) is 27.1. The van der Waals surface area contributed by atoms with Gasteiger partial charge in [0.2, 0.25) is 5.91 Å². The topological polar surface area (TPSA) is 49.4 Å². The molecule has 3 rings (SSSR count). The number of carbonyl (C=O) groups is 2. The third kappa shape index (κ3) is 5.22. The highest BCUT2D eigenvalue weighted by molar-refractivity contribution is 5.96. The average Bonchev–Trinajstić information content (AvgIpc) is 3.50. The van der Waals surface area contributed by atoms with Crippen molar-refractivity contribution < 1.29 is 9.59 Å². The predicted octanol–water partition coefficient (Wildman–Crippen LogP) is 4.21. The largest absolute Gasteiger partial charge is 0.343 e. The van der Waals surface area contributed by atoms with Crippen molar-refractivity contribution in [2.45, 2.75) is 58.5 Å². The summed E-state index contributed by atoms with van der Waals surface area (Å²) in [5, 5.41) is 2.78. The Morgan fingerprint density at radius 1 is 1.00 bits per heavy atom. The summed E-state index contributed by atoms with van der Waals surface area (Å²) in [7, 11) is 0. The lowest BCUT2D eigenvalue weighted by molar-refractivity contribution is -0.131. The van der Waals surface area contributed by atoms with Gasteiger partial charge in [0.25, 0.3) is 5.91 Å². The third-order valence-corrected chi connectivity index (χ3v) is 5.19. The van der Waals surface area contributed by atoms with Gasteiger partial charge in [0.15, 0.2) is 0 Å². The fourth-order valence-electron chi connectivity index (χ4n) is 3.18. The minimum atomic E-state index is -0.208. The van der Waals surface area contributed by atoms with E-state index in [1.807, 2.05) is 29.2 Å². The standard InChI is InChI=1S/C24H30N2O2/c1-17-5-7-18(8-6-17)16-26(21-13-14-21)22(27)15-25-23(28)19-9-11-20(12-10-19)24(2,3)4/h5-12,21H,13-16H2,1-4H3,(H,25,28). The Labute approximate surface area is 167 Å². The molecule has 0 atom stereocenters. The molecule has 1 fully saturated rings. The normalized spacial score (nSPS) is 13.9. The maximum absolute atomic E-state index is 12.7. The lowest BCUT2D eigenvalue weighted by atomic mass is 9.87. The molecule has 1 N–H and O–H groups in total. The van der Waals surface area contributed by atoms with E-state index < -0.39 is 0 Å². The van der Waals surface area contributed by atoms with Crippen molar-refractivity contribution in [3.8, 4) is 0 Å². The van der Waals surface area contributed by atoms with Gasteiger partial charge in [0.1, 0.15) is 0 Å². The van der Waals surface area contributed by atoms with Gasteiger partial charge in [0.05, 0.1) is 6.54 Å². The first-order chi connectivity index (χ1) is 13.2. The predicted molar refractivity (Wildman–Crippen MR) is 112 cm³/mol. The molecule has 4 heteroatoms. The van der Waals surface area contributed by atoms with Gasteiger partial charge in [-0.2, -0.15) is 0 Å². The van der Waals surface area contributed by atoms with Crippen LogP contribution in [0.4, 0.5) is 0 Å². The summed E-state index contributed by atoms with van der Waals surface area (Å²) in [6, 6.07) is 16.2. The summed E-state index contributed by atoms with van der Waals surface area (Å²) < 4.78 is 0. The molecule has 4 nitrogen and oxygen atoms in total. The number of benzene rings is 2. The zero-order valence-corrected chi connectivity index (χ0v) is 17.3. The summed E-state index contributed by atoms with van der Waals surface area (Å²) in [6.07, 6.45) is 2.08. The molecular weight excluding hydrogens is 348 g/mol. The molecular formula is C24H30N2O2. The maximum Gasteiger partial charge on any atom is 0.251 e. The van der Waals surface area contributed by atoms with E-state index in [0.29, 0.717) is 18.2 Å². The van der Waals surface area contributed by atoms with Crippen molar-refractivity contribution in [3.05, 3.63) is 70.8 Å². The Kier molecular flexibility index (Phi) is 5.87. The zero-order chi connectivity index (χ0) is 20.3. The molecule has 1 aliphatic rings. The van der Waals surface area contributed by atoms with E-state index >= 15 is 0 Å². The van der Waals surface area contributed by atoms with Crippen molar-refractivity contribution in [1.29, 1.82) is 0 Å². The van der Waals surface area contributed by atoms with E-state index in [0.717, 1.165) is 18.4 Å². The molecule has 2 aromatic rings. The fourth-order valence-corrected chi connectivity index (χ4v) is 3.18. The zero-order valence-electron chi connectivity index (χ0n) is 17.3. The molecule has 0 aromatic heterocycles. The van der Waals surface area contributed by atoms with Crippen molar-refractivity contribution in [3.63, 3.8) is 0 Å². The van der Waals surface area contributed by atoms with E-state index in [4.69, 9.17) is 0 Å². The molecule has 0 saturated heterocycles. The first-order valence-corrected chi connectivity index (χ1v) is 9.98. The molecule has 0 radical (unpaired) electrons. The van der Waals surface area contributed by atoms with Crippen molar-refractivity contribution >= 4 is 11.8 Å². The highest BCUT2D eigenvalue weighted by Crippen LogP contribution is 2.28. The quantitative estimate of drug-likeness (QED) is 0.818. The number of rotatable bonds is 6. The number of hydrogen-bond acceptors (Lipinski definition) is 2. The smallest absolute Gasteiger partial charge is 0.251 e. The molecule has 1 aliphatic carbocycles. The van der Waals surface area contributed by atoms with Crippen LogP contribution < -0.4 is 5.32 Å². The Balaban J connectivity index is 1.58. The van der Waals surface area contributed by atoms with Crippen LogP contribution in [-0.2, 0) is 16.8 Å². The molecule has 0 heterocycles. The monoisotopic (exact) mass is 378 g/mol. The number of nitrogens with zero attached hydrogens (tertiary/aromatic N) is 1. The van der Waals surface area contributed by atoms with Crippen molar-refractivity contribution in [1.82, 2.24) is 10.2 Å². The van der Waals surface area contributed by atoms with E-state index in [1.165, 1.54) is 11.1 Å². The number of nitrogens with one attached hydrogen (secondary N) is 1. The van der Waals surface area contributed by atoms with Crippen LogP contribution in [0.3, 0.4) is 0 Å². The Bertz CT molecular complexity index is 828. The minimum absolute atomic E-state index is 0.0252. The van der Waals surface area contributed by atoms with Gasteiger partial charge in [-0.15, -0.1) is 0 Å². The van der Waals surface area contributed by atoms with Crippen LogP contribution in [0.25, 0.3) is 0 Å². The number of hydrogen-bond donors (Lipinski definition) is 1. The number of amides is 2. The fraction of sp³-hybridized carbons (Fsp3) is 0.417. The van der Waals surface area contributed by atoms with E-state index in [1.54, 1.807) is 0 Å². The molecule has 2 aromatic carbocycles. The van der Waals surface area contributed by atoms with Crippen LogP contribution in [0, 0.1) is 6.92 Å². The van der Waals surface area contributed by atoms with Gasteiger partial charge in [-0.25, -0.2) is 0 Å². The molecule has 0 unspecified atom stereocenters. The van der Waals surface area contributed by atoms with Gasteiger partial charge < -0.3 is 10.2 Å². The average molecular weight is 379 g/mol. The number of aryl methyl sites for hydroxylation is 1. The number of carbonyl (C=O) groups excluding carboxylic acids is 2. The molecule has 0 aliphatic heterocycles. The lowest BCUT2D eigenvalue weighted by Gasteiger charge is -2.23. The van der Waals surface area contributed by atoms with Gasteiger partial charge in [-0.1, -0.05) is 62.7 Å². The molecule has 1 saturated carbocycles. The van der Waals surface area contributed by atoms with Gasteiger partial charge in [-0.05, 0) is 48.4 Å². The Morgan fingerprint density at radius 3 is 2.14 bits per heavy atom. The minimum Gasteiger partial charge on any atom is -0.343 e. The second kappa shape index (κ2) is 8.17.